The molecule has 0 saturated heterocycles. The maximum atomic E-state index is 8.97. The highest BCUT2D eigenvalue weighted by atomic mass is 16.5. The summed E-state index contributed by atoms with van der Waals surface area (Å²) in [6, 6.07) is -0.606. The lowest BCUT2D eigenvalue weighted by Gasteiger charge is -2.20. The van der Waals surface area contributed by atoms with Crippen LogP contribution in [0.5, 0.6) is 0 Å². The molecule has 5 nitrogen and oxygen atoms in total. The summed E-state index contributed by atoms with van der Waals surface area (Å²) in [6.45, 7) is 0. The Morgan fingerprint density at radius 1 is 1.80 bits per heavy atom. The molecule has 0 bridgehead atoms. The van der Waals surface area contributed by atoms with Crippen LogP contribution in [0.1, 0.15) is 0 Å². The highest BCUT2D eigenvalue weighted by Gasteiger charge is 2.15. The molecule has 0 radical (unpaired) electrons. The molecule has 4 N–H and O–H groups in total. The van der Waals surface area contributed by atoms with Crippen LogP contribution >= 0.6 is 0 Å². The Hall–Kier alpha value is -1.36. The van der Waals surface area contributed by atoms with Gasteiger partial charge < -0.3 is 5.73 Å². The molecule has 0 amide bonds. The van der Waals surface area contributed by atoms with E-state index in [2.05, 4.69) is 4.99 Å². The van der Waals surface area contributed by atoms with Crippen molar-refractivity contribution in [2.24, 2.45) is 10.7 Å². The first-order chi connectivity index (χ1) is 4.72. The average Bonchev–Trinajstić information content (AvgIpc) is 1.88. The summed E-state index contributed by atoms with van der Waals surface area (Å²) in [5, 5.41) is 16.8. The van der Waals surface area contributed by atoms with E-state index in [1.165, 1.54) is 18.6 Å². The molecule has 54 valence electrons. The smallest absolute Gasteiger partial charge is 0.147 e. The Bertz CT molecular complexity index is 198. The predicted octanol–water partition coefficient (Wildman–Crippen LogP) is -0.462. The lowest BCUT2D eigenvalue weighted by Crippen LogP contribution is -2.41. The molecule has 1 heterocycles. The van der Waals surface area contributed by atoms with E-state index in [0.29, 0.717) is 0 Å². The third-order valence-corrected chi connectivity index (χ3v) is 1.14. The summed E-state index contributed by atoms with van der Waals surface area (Å²) in [5.41, 5.74) is 5.11. The van der Waals surface area contributed by atoms with Crippen LogP contribution in [-0.4, -0.2) is 28.4 Å². The van der Waals surface area contributed by atoms with Crippen molar-refractivity contribution in [1.29, 1.82) is 5.41 Å². The predicted molar refractivity (Wildman–Crippen MR) is 37.0 cm³/mol. The van der Waals surface area contributed by atoms with Crippen LogP contribution in [0.4, 0.5) is 0 Å². The van der Waals surface area contributed by atoms with Crippen molar-refractivity contribution in [3.8, 4) is 0 Å². The SMILES string of the molecule is N=C(N)C1C=NC=CN1O. The maximum Gasteiger partial charge on any atom is 0.147 e. The van der Waals surface area contributed by atoms with Crippen molar-refractivity contribution in [3.05, 3.63) is 12.4 Å². The van der Waals surface area contributed by atoms with Crippen LogP contribution in [0.3, 0.4) is 0 Å². The van der Waals surface area contributed by atoms with Crippen LogP contribution in [0, 0.1) is 5.41 Å². The topological polar surface area (TPSA) is 85.7 Å². The monoisotopic (exact) mass is 140 g/mol. The second-order valence-corrected chi connectivity index (χ2v) is 1.88. The Balaban J connectivity index is 2.70. The van der Waals surface area contributed by atoms with Crippen LogP contribution in [0.25, 0.3) is 0 Å². The van der Waals surface area contributed by atoms with Crippen molar-refractivity contribution in [2.75, 3.05) is 0 Å². The van der Waals surface area contributed by atoms with Gasteiger partial charge in [0.15, 0.2) is 0 Å². The number of hydrogen-bond donors (Lipinski definition) is 3. The van der Waals surface area contributed by atoms with Gasteiger partial charge in [0, 0.05) is 18.6 Å². The number of hydroxylamine groups is 2. The fourth-order valence-electron chi connectivity index (χ4n) is 0.622. The summed E-state index contributed by atoms with van der Waals surface area (Å²) in [5.74, 6) is -0.129. The molecule has 0 fully saturated rings. The van der Waals surface area contributed by atoms with Crippen molar-refractivity contribution >= 4 is 12.1 Å². The molecule has 1 unspecified atom stereocenters. The molecule has 5 heteroatoms. The van der Waals surface area contributed by atoms with Crippen molar-refractivity contribution < 1.29 is 5.21 Å². The van der Waals surface area contributed by atoms with E-state index < -0.39 is 6.04 Å². The number of aliphatic imine (C=N–C) groups is 1. The Kier molecular flexibility index (Phi) is 1.68. The van der Waals surface area contributed by atoms with Gasteiger partial charge in [0.25, 0.3) is 0 Å². The first kappa shape index (κ1) is 6.76. The summed E-state index contributed by atoms with van der Waals surface area (Å²) in [6.07, 6.45) is 4.15. The van der Waals surface area contributed by atoms with Gasteiger partial charge in [-0.1, -0.05) is 0 Å². The van der Waals surface area contributed by atoms with E-state index in [0.717, 1.165) is 5.06 Å². The van der Waals surface area contributed by atoms with E-state index in [1.54, 1.807) is 0 Å². The first-order valence-corrected chi connectivity index (χ1v) is 2.73. The van der Waals surface area contributed by atoms with Gasteiger partial charge in [0.05, 0.1) is 0 Å². The van der Waals surface area contributed by atoms with Gasteiger partial charge in [-0.3, -0.25) is 15.6 Å². The second-order valence-electron chi connectivity index (χ2n) is 1.88. The maximum absolute atomic E-state index is 8.97. The lowest BCUT2D eigenvalue weighted by molar-refractivity contribution is -0.0413. The summed E-state index contributed by atoms with van der Waals surface area (Å²) in [7, 11) is 0. The van der Waals surface area contributed by atoms with Gasteiger partial charge in [-0.25, -0.2) is 5.06 Å². The number of nitrogens with zero attached hydrogens (tertiary/aromatic N) is 2. The summed E-state index contributed by atoms with van der Waals surface area (Å²) < 4.78 is 0. The van der Waals surface area contributed by atoms with Crippen LogP contribution in [0.2, 0.25) is 0 Å². The van der Waals surface area contributed by atoms with E-state index in [9.17, 15) is 0 Å². The Morgan fingerprint density at radius 2 is 2.50 bits per heavy atom. The van der Waals surface area contributed by atoms with Gasteiger partial charge in [0.2, 0.25) is 0 Å². The minimum absolute atomic E-state index is 0.129. The molecule has 0 aromatic heterocycles. The normalized spacial score (nSPS) is 23.3. The van der Waals surface area contributed by atoms with Gasteiger partial charge >= 0.3 is 0 Å². The van der Waals surface area contributed by atoms with E-state index >= 15 is 0 Å². The van der Waals surface area contributed by atoms with E-state index in [1.807, 2.05) is 0 Å². The van der Waals surface area contributed by atoms with E-state index in [-0.39, 0.29) is 5.84 Å². The van der Waals surface area contributed by atoms with Crippen molar-refractivity contribution in [1.82, 2.24) is 5.06 Å². The standard InChI is InChI=1S/C5H8N4O/c6-5(7)4-3-8-1-2-9(4)10/h1-4,10H,(H3,6,7). The molecule has 1 rings (SSSR count). The van der Waals surface area contributed by atoms with Gasteiger partial charge in [-0.15, -0.1) is 0 Å². The number of amidine groups is 1. The molecule has 1 atom stereocenters. The first-order valence-electron chi connectivity index (χ1n) is 2.73. The molecule has 0 aromatic carbocycles. The fourth-order valence-corrected chi connectivity index (χ4v) is 0.622. The third-order valence-electron chi connectivity index (χ3n) is 1.14. The summed E-state index contributed by atoms with van der Waals surface area (Å²) >= 11 is 0. The van der Waals surface area contributed by atoms with Gasteiger partial charge in [-0.05, 0) is 0 Å². The molecular weight excluding hydrogens is 132 g/mol. The largest absolute Gasteiger partial charge is 0.386 e. The minimum atomic E-state index is -0.606. The zero-order valence-electron chi connectivity index (χ0n) is 5.23. The highest BCUT2D eigenvalue weighted by molar-refractivity contribution is 5.98. The average molecular weight is 140 g/mol. The molecule has 10 heavy (non-hydrogen) atoms. The second kappa shape index (κ2) is 2.49. The minimum Gasteiger partial charge on any atom is -0.386 e. The van der Waals surface area contributed by atoms with Gasteiger partial charge in [0.1, 0.15) is 11.9 Å². The van der Waals surface area contributed by atoms with Gasteiger partial charge in [-0.2, -0.15) is 0 Å². The van der Waals surface area contributed by atoms with Crippen LogP contribution < -0.4 is 5.73 Å². The molecule has 1 aliphatic rings. The fraction of sp³-hybridized carbons (Fsp3) is 0.200. The van der Waals surface area contributed by atoms with Crippen LogP contribution in [0.15, 0.2) is 17.4 Å². The molecule has 0 spiro atoms. The Morgan fingerprint density at radius 3 is 2.90 bits per heavy atom. The number of rotatable bonds is 1. The molecule has 0 saturated carbocycles. The molecule has 1 aliphatic heterocycles. The third kappa shape index (κ3) is 1.14. The molecule has 0 aromatic rings. The van der Waals surface area contributed by atoms with Crippen molar-refractivity contribution in [2.45, 2.75) is 6.04 Å². The zero-order valence-corrected chi connectivity index (χ0v) is 5.23. The number of nitrogens with two attached hydrogens (primary N) is 1. The van der Waals surface area contributed by atoms with Crippen LogP contribution in [-0.2, 0) is 0 Å². The number of nitrogens with one attached hydrogen (secondary N) is 1. The summed E-state index contributed by atoms with van der Waals surface area (Å²) in [4.78, 5) is 3.70. The quantitative estimate of drug-likeness (QED) is 0.340. The van der Waals surface area contributed by atoms with Crippen molar-refractivity contribution in [3.63, 3.8) is 0 Å². The number of hydrogen-bond acceptors (Lipinski definition) is 4. The zero-order chi connectivity index (χ0) is 7.56. The molecular formula is C5H8N4O. The highest BCUT2D eigenvalue weighted by Crippen LogP contribution is 1.98. The lowest BCUT2D eigenvalue weighted by atomic mass is 10.3. The molecule has 0 aliphatic carbocycles. The Labute approximate surface area is 57.9 Å². The van der Waals surface area contributed by atoms with E-state index in [4.69, 9.17) is 16.4 Å².